The lowest BCUT2D eigenvalue weighted by Crippen LogP contribution is -2.17. The van der Waals surface area contributed by atoms with Crippen LogP contribution in [0.15, 0.2) is 35.5 Å². The Morgan fingerprint density at radius 2 is 2.00 bits per heavy atom. The van der Waals surface area contributed by atoms with Crippen molar-refractivity contribution >= 4 is 35.1 Å². The van der Waals surface area contributed by atoms with E-state index in [0.29, 0.717) is 22.2 Å². The quantitative estimate of drug-likeness (QED) is 0.514. The van der Waals surface area contributed by atoms with Crippen molar-refractivity contribution in [3.8, 4) is 0 Å². The van der Waals surface area contributed by atoms with Crippen molar-refractivity contribution in [1.29, 1.82) is 0 Å². The van der Waals surface area contributed by atoms with Gasteiger partial charge in [-0.1, -0.05) is 23.9 Å². The molecule has 0 aliphatic rings. The van der Waals surface area contributed by atoms with Crippen LogP contribution < -0.4 is 5.32 Å². The highest BCUT2D eigenvalue weighted by molar-refractivity contribution is 7.99. The minimum absolute atomic E-state index is 0.103. The Balaban J connectivity index is 1.67. The number of carbonyl (C=O) groups is 2. The maximum Gasteiger partial charge on any atom is 0.340 e. The van der Waals surface area contributed by atoms with Crippen LogP contribution in [0.5, 0.6) is 0 Å². The molecular weight excluding hydrogens is 366 g/mol. The van der Waals surface area contributed by atoms with Gasteiger partial charge in [0.25, 0.3) is 5.78 Å². The molecule has 140 valence electrons. The number of fused-ring (bicyclic) bond motifs is 1. The molecule has 3 aromatic rings. The van der Waals surface area contributed by atoms with Gasteiger partial charge < -0.3 is 10.1 Å². The second-order valence-electron chi connectivity index (χ2n) is 5.75. The average Bonchev–Trinajstić information content (AvgIpc) is 3.04. The fourth-order valence-electron chi connectivity index (χ4n) is 2.50. The van der Waals surface area contributed by atoms with Gasteiger partial charge in [-0.05, 0) is 39.0 Å². The molecule has 0 radical (unpaired) electrons. The number of anilines is 1. The van der Waals surface area contributed by atoms with Crippen LogP contribution in [0.25, 0.3) is 5.78 Å². The molecule has 0 unspecified atom stereocenters. The van der Waals surface area contributed by atoms with E-state index in [1.807, 2.05) is 19.9 Å². The Kier molecular flexibility index (Phi) is 5.70. The van der Waals surface area contributed by atoms with Crippen LogP contribution in [-0.2, 0) is 9.53 Å². The number of amides is 1. The Morgan fingerprint density at radius 3 is 2.78 bits per heavy atom. The molecule has 2 heterocycles. The first-order chi connectivity index (χ1) is 13.0. The van der Waals surface area contributed by atoms with Crippen LogP contribution in [-0.4, -0.2) is 43.8 Å². The highest BCUT2D eigenvalue weighted by Gasteiger charge is 2.15. The van der Waals surface area contributed by atoms with Crippen LogP contribution in [0.4, 0.5) is 5.69 Å². The number of nitrogens with one attached hydrogen (secondary N) is 1. The lowest BCUT2D eigenvalue weighted by atomic mass is 10.2. The normalized spacial score (nSPS) is 10.8. The Labute approximate surface area is 160 Å². The minimum atomic E-state index is -0.472. The van der Waals surface area contributed by atoms with E-state index in [1.54, 1.807) is 35.7 Å². The third-order valence-corrected chi connectivity index (χ3v) is 4.47. The first-order valence-electron chi connectivity index (χ1n) is 8.37. The third kappa shape index (κ3) is 4.43. The highest BCUT2D eigenvalue weighted by atomic mass is 32.2. The Morgan fingerprint density at radius 1 is 1.22 bits per heavy atom. The first kappa shape index (κ1) is 18.8. The number of esters is 1. The molecule has 0 saturated heterocycles. The molecule has 0 fully saturated rings. The van der Waals surface area contributed by atoms with Crippen LogP contribution in [0.2, 0.25) is 0 Å². The van der Waals surface area contributed by atoms with Gasteiger partial charge in [-0.2, -0.15) is 4.98 Å². The number of aromatic nitrogens is 4. The summed E-state index contributed by atoms with van der Waals surface area (Å²) < 4.78 is 6.65. The van der Waals surface area contributed by atoms with Crippen LogP contribution in [0.3, 0.4) is 0 Å². The standard InChI is InChI=1S/C18H19N5O3S/c1-4-26-16(25)13-7-5-6-8-14(13)20-15(24)10-27-18-21-17-19-11(2)9-12(3)23(17)22-18/h5-9H,4,10H2,1-3H3,(H,20,24). The maximum atomic E-state index is 12.3. The number of thioether (sulfide) groups is 1. The molecule has 9 heteroatoms. The van der Waals surface area contributed by atoms with Gasteiger partial charge in [-0.15, -0.1) is 5.10 Å². The van der Waals surface area contributed by atoms with Gasteiger partial charge in [-0.3, -0.25) is 4.79 Å². The maximum absolute atomic E-state index is 12.3. The van der Waals surface area contributed by atoms with Gasteiger partial charge >= 0.3 is 5.97 Å². The molecule has 1 N–H and O–H groups in total. The summed E-state index contributed by atoms with van der Waals surface area (Å²) in [7, 11) is 0. The Bertz CT molecular complexity index is 1000. The predicted molar refractivity (Wildman–Crippen MR) is 102 cm³/mol. The molecule has 0 aliphatic heterocycles. The SMILES string of the molecule is CCOC(=O)c1ccccc1NC(=O)CSc1nc2nc(C)cc(C)n2n1. The predicted octanol–water partition coefficient (Wildman–Crippen LogP) is 2.65. The minimum Gasteiger partial charge on any atom is -0.462 e. The number of rotatable bonds is 6. The van der Waals surface area contributed by atoms with E-state index in [4.69, 9.17) is 4.74 Å². The molecule has 2 aromatic heterocycles. The summed E-state index contributed by atoms with van der Waals surface area (Å²) in [5, 5.41) is 7.55. The number of nitrogens with zero attached hydrogens (tertiary/aromatic N) is 4. The summed E-state index contributed by atoms with van der Waals surface area (Å²) in [4.78, 5) is 32.9. The molecule has 1 aromatic carbocycles. The van der Waals surface area contributed by atoms with Crippen molar-refractivity contribution in [3.63, 3.8) is 0 Å². The van der Waals surface area contributed by atoms with Crippen molar-refractivity contribution in [1.82, 2.24) is 19.6 Å². The molecule has 3 rings (SSSR count). The van der Waals surface area contributed by atoms with Gasteiger partial charge in [0.1, 0.15) is 0 Å². The first-order valence-corrected chi connectivity index (χ1v) is 9.36. The number of para-hydroxylation sites is 1. The largest absolute Gasteiger partial charge is 0.462 e. The zero-order valence-electron chi connectivity index (χ0n) is 15.2. The van der Waals surface area contributed by atoms with E-state index in [-0.39, 0.29) is 18.3 Å². The van der Waals surface area contributed by atoms with Gasteiger partial charge in [0.05, 0.1) is 23.6 Å². The van der Waals surface area contributed by atoms with E-state index in [2.05, 4.69) is 20.4 Å². The molecule has 8 nitrogen and oxygen atoms in total. The van der Waals surface area contributed by atoms with Gasteiger partial charge in [0.2, 0.25) is 11.1 Å². The van der Waals surface area contributed by atoms with Crippen molar-refractivity contribution in [2.75, 3.05) is 17.7 Å². The number of benzene rings is 1. The van der Waals surface area contributed by atoms with Crippen molar-refractivity contribution in [2.24, 2.45) is 0 Å². The van der Waals surface area contributed by atoms with E-state index in [9.17, 15) is 9.59 Å². The van der Waals surface area contributed by atoms with E-state index in [1.165, 1.54) is 11.8 Å². The van der Waals surface area contributed by atoms with Gasteiger partial charge in [-0.25, -0.2) is 14.3 Å². The van der Waals surface area contributed by atoms with Gasteiger partial charge in [0.15, 0.2) is 0 Å². The van der Waals surface area contributed by atoms with E-state index in [0.717, 1.165) is 11.4 Å². The van der Waals surface area contributed by atoms with E-state index < -0.39 is 5.97 Å². The molecule has 0 atom stereocenters. The summed E-state index contributed by atoms with van der Waals surface area (Å²) in [6.07, 6.45) is 0. The summed E-state index contributed by atoms with van der Waals surface area (Å²) in [6, 6.07) is 8.64. The number of carbonyl (C=O) groups excluding carboxylic acids is 2. The highest BCUT2D eigenvalue weighted by Crippen LogP contribution is 2.19. The number of hydrogen-bond donors (Lipinski definition) is 1. The molecule has 0 spiro atoms. The monoisotopic (exact) mass is 385 g/mol. The fraction of sp³-hybridized carbons (Fsp3) is 0.278. The third-order valence-electron chi connectivity index (χ3n) is 3.63. The fourth-order valence-corrected chi connectivity index (χ4v) is 3.12. The molecule has 0 bridgehead atoms. The lowest BCUT2D eigenvalue weighted by Gasteiger charge is -2.09. The summed E-state index contributed by atoms with van der Waals surface area (Å²) in [5.41, 5.74) is 2.51. The summed E-state index contributed by atoms with van der Waals surface area (Å²) in [5.74, 6) is -0.133. The lowest BCUT2D eigenvalue weighted by molar-refractivity contribution is -0.113. The zero-order valence-corrected chi connectivity index (χ0v) is 16.0. The van der Waals surface area contributed by atoms with Crippen molar-refractivity contribution < 1.29 is 14.3 Å². The topological polar surface area (TPSA) is 98.5 Å². The second kappa shape index (κ2) is 8.17. The van der Waals surface area contributed by atoms with Crippen molar-refractivity contribution in [2.45, 2.75) is 25.9 Å². The van der Waals surface area contributed by atoms with Crippen LogP contribution >= 0.6 is 11.8 Å². The Hall–Kier alpha value is -2.94. The second-order valence-corrected chi connectivity index (χ2v) is 6.69. The molecule has 27 heavy (non-hydrogen) atoms. The van der Waals surface area contributed by atoms with E-state index >= 15 is 0 Å². The molecule has 0 aliphatic carbocycles. The van der Waals surface area contributed by atoms with Gasteiger partial charge in [0, 0.05) is 11.4 Å². The number of hydrogen-bond acceptors (Lipinski definition) is 7. The molecule has 0 saturated carbocycles. The van der Waals surface area contributed by atoms with Crippen molar-refractivity contribution in [3.05, 3.63) is 47.3 Å². The molecule has 1 amide bonds. The average molecular weight is 385 g/mol. The summed E-state index contributed by atoms with van der Waals surface area (Å²) >= 11 is 1.20. The number of ether oxygens (including phenoxy) is 1. The van der Waals surface area contributed by atoms with Crippen LogP contribution in [0.1, 0.15) is 28.7 Å². The number of aryl methyl sites for hydroxylation is 2. The zero-order chi connectivity index (χ0) is 19.4. The smallest absolute Gasteiger partial charge is 0.340 e. The summed E-state index contributed by atoms with van der Waals surface area (Å²) in [6.45, 7) is 5.81. The van der Waals surface area contributed by atoms with Crippen LogP contribution in [0, 0.1) is 13.8 Å². The molecular formula is C18H19N5O3S.